The van der Waals surface area contributed by atoms with Gasteiger partial charge in [-0.3, -0.25) is 4.79 Å². The van der Waals surface area contributed by atoms with Crippen molar-refractivity contribution in [3.63, 3.8) is 0 Å². The maximum absolute atomic E-state index is 13.3. The quantitative estimate of drug-likeness (QED) is 0.0227. The number of rotatable bonds is 48. The van der Waals surface area contributed by atoms with Gasteiger partial charge in [-0.25, -0.2) is 0 Å². The predicted molar refractivity (Wildman–Crippen MR) is 305 cm³/mol. The lowest BCUT2D eigenvalue weighted by Gasteiger charge is -2.48. The van der Waals surface area contributed by atoms with Crippen LogP contribution in [0.3, 0.4) is 0 Å². The van der Waals surface area contributed by atoms with E-state index in [1.807, 2.05) is 0 Å². The first-order valence-electron chi connectivity index (χ1n) is 31.9. The first-order valence-corrected chi connectivity index (χ1v) is 31.9. The summed E-state index contributed by atoms with van der Waals surface area (Å²) in [5, 5.41) is 120. The van der Waals surface area contributed by atoms with Gasteiger partial charge in [0, 0.05) is 6.42 Å². The second-order valence-electron chi connectivity index (χ2n) is 23.2. The Balaban J connectivity index is 1.45. The van der Waals surface area contributed by atoms with Gasteiger partial charge in [0.1, 0.15) is 73.2 Å². The van der Waals surface area contributed by atoms with Crippen molar-refractivity contribution in [2.75, 3.05) is 26.4 Å². The smallest absolute Gasteiger partial charge is 0.220 e. The summed E-state index contributed by atoms with van der Waals surface area (Å²) in [6.07, 6.45) is 18.8. The summed E-state index contributed by atoms with van der Waals surface area (Å²) in [5.41, 5.74) is 0. The largest absolute Gasteiger partial charge is 0.394 e. The Bertz CT molecular complexity index is 1510. The van der Waals surface area contributed by atoms with Crippen LogP contribution in [0.2, 0.25) is 0 Å². The lowest BCUT2D eigenvalue weighted by molar-refractivity contribution is -0.379. The van der Waals surface area contributed by atoms with Crippen LogP contribution in [0.1, 0.15) is 239 Å². The summed E-state index contributed by atoms with van der Waals surface area (Å²) in [4.78, 5) is 13.3. The van der Waals surface area contributed by atoms with Crippen molar-refractivity contribution in [2.24, 2.45) is 0 Å². The molecule has 0 radical (unpaired) electrons. The fraction of sp³-hybridized carbons (Fsp3) is 0.951. The van der Waals surface area contributed by atoms with Crippen LogP contribution < -0.4 is 5.32 Å². The summed E-state index contributed by atoms with van der Waals surface area (Å²) in [7, 11) is 0. The minimum atomic E-state index is -1.97. The third-order valence-corrected chi connectivity index (χ3v) is 16.3. The van der Waals surface area contributed by atoms with E-state index in [-0.39, 0.29) is 18.9 Å². The fourth-order valence-corrected chi connectivity index (χ4v) is 11.1. The summed E-state index contributed by atoms with van der Waals surface area (Å²) >= 11 is 0. The summed E-state index contributed by atoms with van der Waals surface area (Å²) in [6, 6.07) is -0.887. The number of carbonyl (C=O) groups excluding carboxylic acids is 1. The second kappa shape index (κ2) is 44.9. The van der Waals surface area contributed by atoms with Gasteiger partial charge in [0.2, 0.25) is 5.91 Å². The molecule has 1 amide bonds. The van der Waals surface area contributed by atoms with Crippen molar-refractivity contribution in [1.29, 1.82) is 0 Å². The van der Waals surface area contributed by atoms with Gasteiger partial charge in [-0.15, -0.1) is 0 Å². The van der Waals surface area contributed by atoms with Crippen LogP contribution in [0.5, 0.6) is 0 Å². The molecule has 3 aliphatic heterocycles. The molecule has 0 saturated carbocycles. The van der Waals surface area contributed by atoms with Crippen LogP contribution in [-0.4, -0.2) is 193 Å². The molecule has 0 aromatic rings. The third-order valence-electron chi connectivity index (χ3n) is 16.3. The van der Waals surface area contributed by atoms with E-state index < -0.39 is 124 Å². The summed E-state index contributed by atoms with van der Waals surface area (Å²) in [6.45, 7) is 1.77. The molecule has 3 saturated heterocycles. The number of carbonyl (C=O) groups is 1. The van der Waals surface area contributed by atoms with Crippen molar-refractivity contribution < 1.29 is 89.4 Å². The molecule has 0 aromatic carbocycles. The van der Waals surface area contributed by atoms with Crippen molar-refractivity contribution in [1.82, 2.24) is 5.32 Å². The van der Waals surface area contributed by atoms with Gasteiger partial charge in [0.05, 0.1) is 38.6 Å². The van der Waals surface area contributed by atoms with E-state index in [1.165, 1.54) is 141 Å². The lowest BCUT2D eigenvalue weighted by Crippen LogP contribution is -2.66. The Labute approximate surface area is 480 Å². The minimum absolute atomic E-state index is 0.251. The number of ether oxygens (including phenoxy) is 6. The summed E-state index contributed by atoms with van der Waals surface area (Å²) < 4.78 is 34.3. The fourth-order valence-electron chi connectivity index (χ4n) is 11.1. The zero-order valence-corrected chi connectivity index (χ0v) is 49.3. The van der Waals surface area contributed by atoms with Gasteiger partial charge in [0.15, 0.2) is 18.9 Å². The van der Waals surface area contributed by atoms with Crippen LogP contribution in [0.15, 0.2) is 12.2 Å². The molecule has 0 spiro atoms. The van der Waals surface area contributed by atoms with E-state index >= 15 is 0 Å². The molecule has 12 N–H and O–H groups in total. The molecule has 3 fully saturated rings. The number of aliphatic hydroxyl groups is 11. The zero-order valence-electron chi connectivity index (χ0n) is 49.3. The zero-order chi connectivity index (χ0) is 58.3. The average Bonchev–Trinajstić information content (AvgIpc) is 3.56. The third kappa shape index (κ3) is 28.2. The van der Waals surface area contributed by atoms with E-state index in [1.54, 1.807) is 0 Å². The molecule has 19 heteroatoms. The number of unbranched alkanes of at least 4 members (excludes halogenated alkanes) is 30. The number of nitrogens with one attached hydrogen (secondary N) is 1. The molecule has 0 aliphatic carbocycles. The maximum atomic E-state index is 13.3. The van der Waals surface area contributed by atoms with Crippen molar-refractivity contribution in [2.45, 2.75) is 343 Å². The van der Waals surface area contributed by atoms with E-state index in [2.05, 4.69) is 31.3 Å². The highest BCUT2D eigenvalue weighted by Gasteiger charge is 2.53. The van der Waals surface area contributed by atoms with Gasteiger partial charge < -0.3 is 89.9 Å². The summed E-state index contributed by atoms with van der Waals surface area (Å²) in [5.74, 6) is -0.251. The first-order chi connectivity index (χ1) is 38.8. The molecular weight excluding hydrogens is 1030 g/mol. The number of aliphatic hydroxyl groups excluding tert-OH is 11. The van der Waals surface area contributed by atoms with Crippen LogP contribution in [0.25, 0.3) is 0 Å². The topological polar surface area (TPSA) is 307 Å². The minimum Gasteiger partial charge on any atom is -0.394 e. The highest BCUT2D eigenvalue weighted by atomic mass is 16.8. The van der Waals surface area contributed by atoms with Gasteiger partial charge in [-0.1, -0.05) is 206 Å². The molecule has 3 heterocycles. The number of hydrogen-bond donors (Lipinski definition) is 12. The normalized spacial score (nSPS) is 30.0. The second-order valence-corrected chi connectivity index (χ2v) is 23.2. The van der Waals surface area contributed by atoms with Crippen molar-refractivity contribution in [3.8, 4) is 0 Å². The van der Waals surface area contributed by atoms with Crippen molar-refractivity contribution in [3.05, 3.63) is 12.2 Å². The van der Waals surface area contributed by atoms with E-state index in [0.29, 0.717) is 12.8 Å². The van der Waals surface area contributed by atoms with Gasteiger partial charge in [-0.05, 0) is 38.5 Å². The van der Waals surface area contributed by atoms with Gasteiger partial charge >= 0.3 is 0 Å². The molecule has 80 heavy (non-hydrogen) atoms. The Morgan fingerprint density at radius 3 is 1.24 bits per heavy atom. The number of amides is 1. The van der Waals surface area contributed by atoms with Crippen molar-refractivity contribution >= 4 is 5.91 Å². The maximum Gasteiger partial charge on any atom is 0.220 e. The first kappa shape index (κ1) is 72.8. The SMILES string of the molecule is CCCCC/C=C\CCCCCCCC(=O)NC(COC1OC(CO)C(OC2OC(CO)C(OC3OC(CO)C(O)C(O)C3O)C(O)C2O)C(O)C1O)C(O)CCCCCCCCCCCCCCCCCCCCCCCCC. The van der Waals surface area contributed by atoms with Crippen LogP contribution >= 0.6 is 0 Å². The van der Waals surface area contributed by atoms with Gasteiger partial charge in [-0.2, -0.15) is 0 Å². The van der Waals surface area contributed by atoms with E-state index in [9.17, 15) is 61.0 Å². The Morgan fingerprint density at radius 1 is 0.438 bits per heavy atom. The molecule has 0 bridgehead atoms. The molecule has 17 atom stereocenters. The predicted octanol–water partition coefficient (Wildman–Crippen LogP) is 6.55. The molecule has 3 aliphatic rings. The molecule has 17 unspecified atom stereocenters. The highest BCUT2D eigenvalue weighted by Crippen LogP contribution is 2.33. The lowest BCUT2D eigenvalue weighted by atomic mass is 9.96. The van der Waals surface area contributed by atoms with Crippen LogP contribution in [-0.2, 0) is 33.2 Å². The Kier molecular flexibility index (Phi) is 40.9. The average molecular weight is 1150 g/mol. The van der Waals surface area contributed by atoms with Crippen LogP contribution in [0.4, 0.5) is 0 Å². The highest BCUT2D eigenvalue weighted by molar-refractivity contribution is 5.76. The van der Waals surface area contributed by atoms with Gasteiger partial charge in [0.25, 0.3) is 0 Å². The van der Waals surface area contributed by atoms with E-state index in [0.717, 1.165) is 64.2 Å². The Morgan fingerprint density at radius 2 is 0.787 bits per heavy atom. The van der Waals surface area contributed by atoms with Crippen LogP contribution in [0, 0.1) is 0 Å². The monoisotopic (exact) mass is 1150 g/mol. The Hall–Kier alpha value is -1.47. The molecule has 0 aromatic heterocycles. The molecule has 3 rings (SSSR count). The standard InChI is InChI=1S/C61H115NO18/c1-3-5-7-9-11-13-15-17-18-19-20-21-22-23-24-25-26-27-28-30-32-34-36-38-45(66)44(62-49(67)39-37-35-33-31-29-16-14-12-10-8-6-4-2)43-75-59-55(73)52(70)57(47(41-64)77-59)80-61-56(74)53(71)58(48(42-65)78-61)79-60-54(72)51(69)50(68)46(40-63)76-60/h12,14,44-48,50-61,63-66,68-74H,3-11,13,15-43H2,1-2H3,(H,62,67)/b14-12-. The molecule has 472 valence electrons. The van der Waals surface area contributed by atoms with E-state index in [4.69, 9.17) is 28.4 Å². The number of hydrogen-bond acceptors (Lipinski definition) is 18. The molecular formula is C61H115NO18. The molecule has 19 nitrogen and oxygen atoms in total. The number of allylic oxidation sites excluding steroid dienone is 2.